The highest BCUT2D eigenvalue weighted by molar-refractivity contribution is 7.99. The summed E-state index contributed by atoms with van der Waals surface area (Å²) in [5, 5.41) is 14.2. The first kappa shape index (κ1) is 30.6. The third-order valence-corrected chi connectivity index (χ3v) is 9.95. The summed E-state index contributed by atoms with van der Waals surface area (Å²) in [7, 11) is -4.55. The molecule has 45 heavy (non-hydrogen) atoms. The van der Waals surface area contributed by atoms with E-state index in [9.17, 15) is 22.0 Å². The summed E-state index contributed by atoms with van der Waals surface area (Å²) in [5.74, 6) is -3.68. The van der Waals surface area contributed by atoms with Gasteiger partial charge in [0, 0.05) is 54.5 Å². The molecule has 3 N–H and O–H groups in total. The Kier molecular flexibility index (Phi) is 8.52. The fourth-order valence-corrected chi connectivity index (χ4v) is 7.53. The molecule has 5 heterocycles. The third-order valence-electron chi connectivity index (χ3n) is 6.94. The summed E-state index contributed by atoms with van der Waals surface area (Å²) in [6, 6.07) is 14.3. The lowest BCUT2D eigenvalue weighted by Crippen LogP contribution is -2.32. The third kappa shape index (κ3) is 7.13. The molecule has 0 radical (unpaired) electrons. The molecule has 1 aliphatic rings. The van der Waals surface area contributed by atoms with Crippen LogP contribution in [0.4, 0.5) is 31.8 Å². The summed E-state index contributed by atoms with van der Waals surface area (Å²) < 4.78 is 54.9. The number of thioether (sulfide) groups is 1. The highest BCUT2D eigenvalue weighted by Crippen LogP contribution is 2.31. The van der Waals surface area contributed by atoms with Gasteiger partial charge in [0.1, 0.15) is 17.1 Å². The number of alkyl halides is 2. The van der Waals surface area contributed by atoms with Crippen molar-refractivity contribution < 1.29 is 17.2 Å². The van der Waals surface area contributed by atoms with Gasteiger partial charge in [0.15, 0.2) is 0 Å². The fourth-order valence-electron chi connectivity index (χ4n) is 4.96. The number of hydrogen-bond acceptors (Lipinski definition) is 11. The summed E-state index contributed by atoms with van der Waals surface area (Å²) in [6.45, 7) is 2.09. The van der Waals surface area contributed by atoms with E-state index in [1.165, 1.54) is 22.4 Å². The highest BCUT2D eigenvalue weighted by atomic mass is 32.2. The molecule has 1 saturated heterocycles. The van der Waals surface area contributed by atoms with Gasteiger partial charge in [-0.2, -0.15) is 25.9 Å². The van der Waals surface area contributed by atoms with Gasteiger partial charge >= 0.3 is 0 Å². The van der Waals surface area contributed by atoms with Crippen molar-refractivity contribution >= 4 is 55.8 Å². The van der Waals surface area contributed by atoms with E-state index >= 15 is 0 Å². The molecule has 1 atom stereocenters. The van der Waals surface area contributed by atoms with Crippen LogP contribution in [0.3, 0.4) is 0 Å². The average molecular weight is 654 g/mol. The van der Waals surface area contributed by atoms with E-state index in [-0.39, 0.29) is 29.5 Å². The normalized spacial score (nSPS) is 15.7. The van der Waals surface area contributed by atoms with E-state index in [1.807, 2.05) is 36.0 Å². The second-order valence-electron chi connectivity index (χ2n) is 10.6. The summed E-state index contributed by atoms with van der Waals surface area (Å²) in [5.41, 5.74) is 2.29. The van der Waals surface area contributed by atoms with Crippen LogP contribution in [0.25, 0.3) is 11.0 Å². The number of fused-ring (bicyclic) bond motifs is 1. The van der Waals surface area contributed by atoms with Crippen LogP contribution in [-0.2, 0) is 16.6 Å². The number of aromatic nitrogens is 6. The van der Waals surface area contributed by atoms with Crippen molar-refractivity contribution in [3.8, 4) is 0 Å². The molecule has 12 nitrogen and oxygen atoms in total. The highest BCUT2D eigenvalue weighted by Gasteiger charge is 2.33. The Morgan fingerprint density at radius 2 is 1.91 bits per heavy atom. The van der Waals surface area contributed by atoms with Crippen LogP contribution in [0.1, 0.15) is 23.4 Å². The number of pyridine rings is 2. The maximum Gasteiger partial charge on any atom is 0.276 e. The first-order valence-corrected chi connectivity index (χ1v) is 16.6. The SMILES string of the molecule is CC(F)(F)CS(=O)(=O)n1nccc1Cn1c(=O)c(Nc2cccnc2)cc2cnc(Nc3ccc(C4CNCCS4)cc3)nc21. The minimum absolute atomic E-state index is 0.0000367. The molecule has 1 fully saturated rings. The van der Waals surface area contributed by atoms with Crippen molar-refractivity contribution in [3.05, 3.63) is 94.9 Å². The smallest absolute Gasteiger partial charge is 0.276 e. The fraction of sp³-hybridized carbons (Fsp3) is 0.276. The molecule has 1 unspecified atom stereocenters. The van der Waals surface area contributed by atoms with Crippen molar-refractivity contribution in [2.24, 2.45) is 0 Å². The zero-order chi connectivity index (χ0) is 31.6. The molecule has 16 heteroatoms. The van der Waals surface area contributed by atoms with Crippen LogP contribution in [-0.4, -0.2) is 67.6 Å². The largest absolute Gasteiger partial charge is 0.350 e. The lowest BCUT2D eigenvalue weighted by atomic mass is 10.1. The Morgan fingerprint density at radius 1 is 1.09 bits per heavy atom. The molecule has 1 aromatic carbocycles. The maximum absolute atomic E-state index is 13.9. The van der Waals surface area contributed by atoms with Crippen LogP contribution in [0.5, 0.6) is 0 Å². The number of halogens is 2. The number of nitrogens with zero attached hydrogens (tertiary/aromatic N) is 6. The molecule has 0 saturated carbocycles. The first-order valence-electron chi connectivity index (χ1n) is 14.0. The Labute approximate surface area is 261 Å². The molecule has 1 aliphatic heterocycles. The van der Waals surface area contributed by atoms with Crippen molar-refractivity contribution in [2.45, 2.75) is 24.6 Å². The molecular formula is C29H29F2N9O3S2. The summed E-state index contributed by atoms with van der Waals surface area (Å²) in [4.78, 5) is 27.0. The standard InChI is InChI=1S/C29H29F2N9O3S2/c1-29(30,31)18-45(42,43)40-23(8-10-35-40)17-39-26-20(13-24(27(39)41)36-22-3-2-9-32-15-22)14-34-28(38-26)37-21-6-4-19(5-7-21)25-16-33-11-12-44-25/h2-10,13-15,25,33,36H,11-12,16-18H2,1H3,(H,34,37,38). The Balaban J connectivity index is 1.37. The van der Waals surface area contributed by atoms with Gasteiger partial charge in [0.25, 0.3) is 21.5 Å². The van der Waals surface area contributed by atoms with Gasteiger partial charge in [-0.25, -0.2) is 22.2 Å². The predicted molar refractivity (Wildman–Crippen MR) is 170 cm³/mol. The van der Waals surface area contributed by atoms with Crippen LogP contribution in [0.15, 0.2) is 78.1 Å². The van der Waals surface area contributed by atoms with Crippen molar-refractivity contribution in [3.63, 3.8) is 0 Å². The minimum Gasteiger partial charge on any atom is -0.350 e. The monoisotopic (exact) mass is 653 g/mol. The van der Waals surface area contributed by atoms with E-state index in [0.717, 1.165) is 24.5 Å². The van der Waals surface area contributed by atoms with Gasteiger partial charge in [-0.3, -0.25) is 14.3 Å². The average Bonchev–Trinajstić information content (AvgIpc) is 3.49. The van der Waals surface area contributed by atoms with E-state index in [0.29, 0.717) is 27.3 Å². The maximum atomic E-state index is 13.9. The zero-order valence-electron chi connectivity index (χ0n) is 24.0. The van der Waals surface area contributed by atoms with Gasteiger partial charge in [0.2, 0.25) is 5.95 Å². The minimum atomic E-state index is -4.55. The number of nitrogens with one attached hydrogen (secondary N) is 3. The molecule has 4 aromatic heterocycles. The summed E-state index contributed by atoms with van der Waals surface area (Å²) in [6.07, 6.45) is 5.85. The second kappa shape index (κ2) is 12.5. The van der Waals surface area contributed by atoms with Crippen LogP contribution in [0, 0.1) is 0 Å². The van der Waals surface area contributed by atoms with Crippen molar-refractivity contribution in [1.29, 1.82) is 0 Å². The van der Waals surface area contributed by atoms with Crippen LogP contribution < -0.4 is 21.5 Å². The molecule has 5 aromatic rings. The van der Waals surface area contributed by atoms with E-state index in [4.69, 9.17) is 0 Å². The number of anilines is 4. The molecule has 0 amide bonds. The van der Waals surface area contributed by atoms with Crippen LogP contribution >= 0.6 is 11.8 Å². The first-order chi connectivity index (χ1) is 21.6. The van der Waals surface area contributed by atoms with Gasteiger partial charge in [-0.05, 0) is 42.0 Å². The lowest BCUT2D eigenvalue weighted by molar-refractivity contribution is 0.0470. The molecule has 0 spiro atoms. The predicted octanol–water partition coefficient (Wildman–Crippen LogP) is 4.13. The van der Waals surface area contributed by atoms with Gasteiger partial charge in [-0.1, -0.05) is 12.1 Å². The quantitative estimate of drug-likeness (QED) is 0.200. The number of hydrogen-bond donors (Lipinski definition) is 3. The van der Waals surface area contributed by atoms with Crippen molar-refractivity contribution in [2.75, 3.05) is 35.2 Å². The molecule has 0 bridgehead atoms. The van der Waals surface area contributed by atoms with E-state index < -0.39 is 27.3 Å². The molecule has 0 aliphatic carbocycles. The van der Waals surface area contributed by atoms with Gasteiger partial charge < -0.3 is 16.0 Å². The zero-order valence-corrected chi connectivity index (χ0v) is 25.7. The van der Waals surface area contributed by atoms with E-state index in [2.05, 4.69) is 36.0 Å². The second-order valence-corrected chi connectivity index (χ2v) is 13.7. The van der Waals surface area contributed by atoms with Gasteiger partial charge in [0.05, 0.1) is 30.3 Å². The Hall–Kier alpha value is -4.41. The number of benzene rings is 1. The van der Waals surface area contributed by atoms with Gasteiger partial charge in [-0.15, -0.1) is 0 Å². The molecule has 6 rings (SSSR count). The van der Waals surface area contributed by atoms with E-state index in [1.54, 1.807) is 36.8 Å². The topological polar surface area (TPSA) is 149 Å². The van der Waals surface area contributed by atoms with Crippen LogP contribution in [0.2, 0.25) is 0 Å². The Bertz CT molecular complexity index is 1970. The number of rotatable bonds is 10. The van der Waals surface area contributed by atoms with Crippen molar-refractivity contribution in [1.82, 2.24) is 34.0 Å². The Morgan fingerprint density at radius 3 is 2.62 bits per heavy atom. The molecular weight excluding hydrogens is 625 g/mol. The summed E-state index contributed by atoms with van der Waals surface area (Å²) >= 11 is 1.91. The lowest BCUT2D eigenvalue weighted by Gasteiger charge is -2.22. The molecule has 234 valence electrons.